The number of nitriles is 1. The molecule has 0 aliphatic carbocycles. The number of rotatable bonds is 7. The van der Waals surface area contributed by atoms with Crippen LogP contribution >= 0.6 is 0 Å². The van der Waals surface area contributed by atoms with Crippen LogP contribution in [0.1, 0.15) is 42.1 Å². The van der Waals surface area contributed by atoms with Gasteiger partial charge in [-0.15, -0.1) is 0 Å². The van der Waals surface area contributed by atoms with Crippen LogP contribution in [0, 0.1) is 11.3 Å². The Labute approximate surface area is 205 Å². The SMILES string of the molecule is CCOc1cc(C(=O)N2CCN(c3ncccc3C#N)CC2)ccc1OCC(=O)N1CCCCC1. The van der Waals surface area contributed by atoms with Crippen molar-refractivity contribution < 1.29 is 19.1 Å². The third-order valence-corrected chi connectivity index (χ3v) is 6.32. The monoisotopic (exact) mass is 477 g/mol. The molecule has 2 fully saturated rings. The molecule has 0 radical (unpaired) electrons. The Balaban J connectivity index is 1.38. The van der Waals surface area contributed by atoms with Crippen LogP contribution in [0.2, 0.25) is 0 Å². The quantitative estimate of drug-likeness (QED) is 0.605. The minimum Gasteiger partial charge on any atom is -0.490 e. The standard InChI is InChI=1S/C26H31N5O4/c1-2-34-23-17-20(8-9-22(23)35-19-24(32)29-11-4-3-5-12-29)26(33)31-15-13-30(14-16-31)25-21(18-27)7-6-10-28-25/h6-10,17H,2-5,11-16,19H2,1H3. The van der Waals surface area contributed by atoms with E-state index in [2.05, 4.69) is 11.1 Å². The van der Waals surface area contributed by atoms with Gasteiger partial charge in [0.05, 0.1) is 12.2 Å². The lowest BCUT2D eigenvalue weighted by Crippen LogP contribution is -2.49. The van der Waals surface area contributed by atoms with Crippen molar-refractivity contribution in [3.8, 4) is 17.6 Å². The Morgan fingerprint density at radius 1 is 0.971 bits per heavy atom. The summed E-state index contributed by atoms with van der Waals surface area (Å²) >= 11 is 0. The minimum atomic E-state index is -0.0944. The van der Waals surface area contributed by atoms with E-state index >= 15 is 0 Å². The Kier molecular flexibility index (Phi) is 8.03. The number of hydrogen-bond donors (Lipinski definition) is 0. The van der Waals surface area contributed by atoms with E-state index in [9.17, 15) is 14.9 Å². The second-order valence-electron chi connectivity index (χ2n) is 8.59. The average molecular weight is 478 g/mol. The van der Waals surface area contributed by atoms with Crippen molar-refractivity contribution in [2.75, 3.05) is 57.4 Å². The van der Waals surface area contributed by atoms with Crippen LogP contribution < -0.4 is 14.4 Å². The van der Waals surface area contributed by atoms with Crippen molar-refractivity contribution in [3.05, 3.63) is 47.7 Å². The molecule has 2 aliphatic rings. The largest absolute Gasteiger partial charge is 0.490 e. The first-order valence-electron chi connectivity index (χ1n) is 12.2. The summed E-state index contributed by atoms with van der Waals surface area (Å²) < 4.78 is 11.5. The summed E-state index contributed by atoms with van der Waals surface area (Å²) in [6.45, 7) is 6.01. The molecule has 1 aromatic carbocycles. The highest BCUT2D eigenvalue weighted by Crippen LogP contribution is 2.29. The predicted octanol–water partition coefficient (Wildman–Crippen LogP) is 2.71. The number of likely N-dealkylation sites (tertiary alicyclic amines) is 1. The Hall–Kier alpha value is -3.80. The molecule has 2 saturated heterocycles. The lowest BCUT2D eigenvalue weighted by atomic mass is 10.1. The van der Waals surface area contributed by atoms with Crippen LogP contribution in [-0.2, 0) is 4.79 Å². The van der Waals surface area contributed by atoms with E-state index in [-0.39, 0.29) is 18.4 Å². The van der Waals surface area contributed by atoms with E-state index in [0.717, 1.165) is 32.4 Å². The number of amides is 2. The summed E-state index contributed by atoms with van der Waals surface area (Å²) in [6, 6.07) is 10.8. The smallest absolute Gasteiger partial charge is 0.260 e. The number of ether oxygens (including phenoxy) is 2. The van der Waals surface area contributed by atoms with Crippen LogP contribution in [0.15, 0.2) is 36.5 Å². The van der Waals surface area contributed by atoms with Crippen LogP contribution in [0.5, 0.6) is 11.5 Å². The van der Waals surface area contributed by atoms with E-state index in [1.54, 1.807) is 41.4 Å². The maximum absolute atomic E-state index is 13.2. The number of carbonyl (C=O) groups excluding carboxylic acids is 2. The fourth-order valence-electron chi connectivity index (χ4n) is 4.44. The third-order valence-electron chi connectivity index (χ3n) is 6.32. The van der Waals surface area contributed by atoms with Gasteiger partial charge in [0, 0.05) is 51.0 Å². The van der Waals surface area contributed by atoms with Gasteiger partial charge < -0.3 is 24.2 Å². The normalized spacial score (nSPS) is 15.9. The molecule has 4 rings (SSSR count). The van der Waals surface area contributed by atoms with Gasteiger partial charge in [-0.2, -0.15) is 5.26 Å². The van der Waals surface area contributed by atoms with E-state index in [0.29, 0.717) is 61.2 Å². The molecular formula is C26H31N5O4. The number of anilines is 1. The van der Waals surface area contributed by atoms with Crippen molar-refractivity contribution >= 4 is 17.6 Å². The first-order chi connectivity index (χ1) is 17.1. The molecule has 184 valence electrons. The van der Waals surface area contributed by atoms with Gasteiger partial charge in [0.2, 0.25) is 0 Å². The molecule has 35 heavy (non-hydrogen) atoms. The lowest BCUT2D eigenvalue weighted by molar-refractivity contribution is -0.134. The summed E-state index contributed by atoms with van der Waals surface area (Å²) in [4.78, 5) is 35.7. The van der Waals surface area contributed by atoms with Gasteiger partial charge in [0.1, 0.15) is 11.9 Å². The van der Waals surface area contributed by atoms with Gasteiger partial charge in [-0.1, -0.05) is 0 Å². The highest BCUT2D eigenvalue weighted by molar-refractivity contribution is 5.95. The summed E-state index contributed by atoms with van der Waals surface area (Å²) in [7, 11) is 0. The number of benzene rings is 1. The third kappa shape index (κ3) is 5.83. The van der Waals surface area contributed by atoms with Gasteiger partial charge in [0.15, 0.2) is 18.1 Å². The number of piperazine rings is 1. The van der Waals surface area contributed by atoms with E-state index < -0.39 is 0 Å². The Bertz CT molecular complexity index is 1090. The molecule has 2 aliphatic heterocycles. The van der Waals surface area contributed by atoms with Gasteiger partial charge in [-0.25, -0.2) is 4.98 Å². The van der Waals surface area contributed by atoms with Gasteiger partial charge in [-0.05, 0) is 56.5 Å². The molecule has 0 atom stereocenters. The summed E-state index contributed by atoms with van der Waals surface area (Å²) in [6.07, 6.45) is 4.89. The molecule has 2 aromatic rings. The number of hydrogen-bond acceptors (Lipinski definition) is 7. The zero-order chi connectivity index (χ0) is 24.6. The second-order valence-corrected chi connectivity index (χ2v) is 8.59. The van der Waals surface area contributed by atoms with Crippen molar-refractivity contribution in [2.24, 2.45) is 0 Å². The highest BCUT2D eigenvalue weighted by atomic mass is 16.5. The molecule has 9 heteroatoms. The number of aromatic nitrogens is 1. The van der Waals surface area contributed by atoms with E-state index in [1.165, 1.54) is 0 Å². The second kappa shape index (κ2) is 11.6. The molecule has 9 nitrogen and oxygen atoms in total. The fraction of sp³-hybridized carbons (Fsp3) is 0.462. The van der Waals surface area contributed by atoms with Gasteiger partial charge >= 0.3 is 0 Å². The molecule has 0 spiro atoms. The van der Waals surface area contributed by atoms with Crippen molar-refractivity contribution in [1.82, 2.24) is 14.8 Å². The number of piperidine rings is 1. The van der Waals surface area contributed by atoms with Crippen LogP contribution in [0.4, 0.5) is 5.82 Å². The lowest BCUT2D eigenvalue weighted by Gasteiger charge is -2.35. The molecule has 0 saturated carbocycles. The molecular weight excluding hydrogens is 446 g/mol. The Morgan fingerprint density at radius 3 is 2.46 bits per heavy atom. The number of nitrogens with zero attached hydrogens (tertiary/aromatic N) is 5. The van der Waals surface area contributed by atoms with Crippen molar-refractivity contribution in [1.29, 1.82) is 5.26 Å². The molecule has 2 amide bonds. The van der Waals surface area contributed by atoms with Crippen molar-refractivity contribution in [2.45, 2.75) is 26.2 Å². The number of carbonyl (C=O) groups is 2. The average Bonchev–Trinajstić information content (AvgIpc) is 2.92. The summed E-state index contributed by atoms with van der Waals surface area (Å²) in [5, 5.41) is 9.34. The first kappa shape index (κ1) is 24.3. The summed E-state index contributed by atoms with van der Waals surface area (Å²) in [5.74, 6) is 1.44. The maximum Gasteiger partial charge on any atom is 0.260 e. The van der Waals surface area contributed by atoms with Crippen LogP contribution in [0.3, 0.4) is 0 Å². The first-order valence-corrected chi connectivity index (χ1v) is 12.2. The predicted molar refractivity (Wildman–Crippen MR) is 131 cm³/mol. The van der Waals surface area contributed by atoms with E-state index in [1.807, 2.05) is 16.7 Å². The zero-order valence-electron chi connectivity index (χ0n) is 20.1. The fourth-order valence-corrected chi connectivity index (χ4v) is 4.44. The topological polar surface area (TPSA) is 99.0 Å². The molecule has 0 unspecified atom stereocenters. The van der Waals surface area contributed by atoms with Crippen LogP contribution in [-0.4, -0.2) is 79.1 Å². The molecule has 1 aromatic heterocycles. The van der Waals surface area contributed by atoms with Gasteiger partial charge in [0.25, 0.3) is 11.8 Å². The highest BCUT2D eigenvalue weighted by Gasteiger charge is 2.25. The molecule has 3 heterocycles. The van der Waals surface area contributed by atoms with Gasteiger partial charge in [-0.3, -0.25) is 9.59 Å². The van der Waals surface area contributed by atoms with Crippen molar-refractivity contribution in [3.63, 3.8) is 0 Å². The number of pyridine rings is 1. The minimum absolute atomic E-state index is 0.0300. The molecule has 0 N–H and O–H groups in total. The summed E-state index contributed by atoms with van der Waals surface area (Å²) in [5.41, 5.74) is 1.04. The van der Waals surface area contributed by atoms with Crippen LogP contribution in [0.25, 0.3) is 0 Å². The zero-order valence-corrected chi connectivity index (χ0v) is 20.1. The maximum atomic E-state index is 13.2. The molecule has 0 bridgehead atoms. The van der Waals surface area contributed by atoms with E-state index in [4.69, 9.17) is 9.47 Å². The Morgan fingerprint density at radius 2 is 1.74 bits per heavy atom.